The van der Waals surface area contributed by atoms with E-state index >= 15 is 0 Å². The van der Waals surface area contributed by atoms with Gasteiger partial charge in [0.05, 0.1) is 0 Å². The van der Waals surface area contributed by atoms with Gasteiger partial charge in [0.15, 0.2) is 0 Å². The van der Waals surface area contributed by atoms with E-state index in [1.165, 1.54) is 6.92 Å². The van der Waals surface area contributed by atoms with Gasteiger partial charge in [-0.05, 0) is 6.42 Å². The molecule has 1 atom stereocenters. The van der Waals surface area contributed by atoms with E-state index in [0.29, 0.717) is 12.8 Å². The molecule has 1 rings (SSSR count). The molecule has 0 spiro atoms. The number of imidazole rings is 1. The third-order valence-corrected chi connectivity index (χ3v) is 2.46. The van der Waals surface area contributed by atoms with Crippen molar-refractivity contribution in [2.75, 3.05) is 0 Å². The normalized spacial score (nSPS) is 12.1. The van der Waals surface area contributed by atoms with Crippen LogP contribution in [0.25, 0.3) is 0 Å². The first-order valence-electron chi connectivity index (χ1n) is 5.44. The summed E-state index contributed by atoms with van der Waals surface area (Å²) < 4.78 is 1.86. The van der Waals surface area contributed by atoms with Crippen molar-refractivity contribution < 1.29 is 14.7 Å². The van der Waals surface area contributed by atoms with Crippen LogP contribution in [0.15, 0.2) is 12.4 Å². The Hall–Kier alpha value is -1.85. The topological polar surface area (TPSA) is 84.2 Å². The molecule has 0 radical (unpaired) electrons. The maximum absolute atomic E-state index is 11.0. The summed E-state index contributed by atoms with van der Waals surface area (Å²) in [5, 5.41) is 11.4. The Morgan fingerprint density at radius 2 is 2.29 bits per heavy atom. The summed E-state index contributed by atoms with van der Waals surface area (Å²) in [6, 6.07) is -0.190. The minimum Gasteiger partial charge on any atom is -0.481 e. The Balaban J connectivity index is 2.59. The number of carbonyl (C=O) groups excluding carboxylic acids is 1. The molecule has 0 saturated heterocycles. The Kier molecular flexibility index (Phi) is 4.68. The van der Waals surface area contributed by atoms with Crippen molar-refractivity contribution in [1.82, 2.24) is 14.9 Å². The monoisotopic (exact) mass is 239 g/mol. The summed E-state index contributed by atoms with van der Waals surface area (Å²) in [5.41, 5.74) is 0. The summed E-state index contributed by atoms with van der Waals surface area (Å²) in [6.07, 6.45) is 4.47. The van der Waals surface area contributed by atoms with Crippen molar-refractivity contribution in [2.24, 2.45) is 7.05 Å². The van der Waals surface area contributed by atoms with Gasteiger partial charge in [-0.1, -0.05) is 0 Å². The molecule has 0 aliphatic carbocycles. The lowest BCUT2D eigenvalue weighted by Gasteiger charge is -2.16. The van der Waals surface area contributed by atoms with E-state index in [-0.39, 0.29) is 18.4 Å². The van der Waals surface area contributed by atoms with E-state index in [1.807, 2.05) is 17.8 Å². The maximum atomic E-state index is 11.0. The number of amides is 1. The average Bonchev–Trinajstić information content (AvgIpc) is 2.60. The molecular weight excluding hydrogens is 222 g/mol. The minimum absolute atomic E-state index is 0.0371. The third-order valence-electron chi connectivity index (χ3n) is 2.46. The zero-order valence-corrected chi connectivity index (χ0v) is 10.0. The molecule has 6 heteroatoms. The zero-order valence-electron chi connectivity index (χ0n) is 10.0. The molecule has 1 aromatic heterocycles. The Bertz CT molecular complexity index is 400. The highest BCUT2D eigenvalue weighted by atomic mass is 16.4. The number of aromatic nitrogens is 2. The molecule has 0 bridgehead atoms. The van der Waals surface area contributed by atoms with Gasteiger partial charge in [0, 0.05) is 45.2 Å². The second-order valence-corrected chi connectivity index (χ2v) is 3.99. The van der Waals surface area contributed by atoms with Crippen molar-refractivity contribution in [2.45, 2.75) is 32.2 Å². The quantitative estimate of drug-likeness (QED) is 0.749. The summed E-state index contributed by atoms with van der Waals surface area (Å²) >= 11 is 0. The van der Waals surface area contributed by atoms with Gasteiger partial charge in [-0.15, -0.1) is 0 Å². The summed E-state index contributed by atoms with van der Waals surface area (Å²) in [4.78, 5) is 25.7. The first kappa shape index (κ1) is 13.2. The molecule has 2 N–H and O–H groups in total. The van der Waals surface area contributed by atoms with Crippen molar-refractivity contribution in [1.29, 1.82) is 0 Å². The number of aryl methyl sites for hydroxylation is 1. The fourth-order valence-electron chi connectivity index (χ4n) is 1.62. The van der Waals surface area contributed by atoms with E-state index in [4.69, 9.17) is 5.11 Å². The lowest BCUT2D eigenvalue weighted by molar-refractivity contribution is -0.137. The molecule has 0 aliphatic rings. The maximum Gasteiger partial charge on any atom is 0.303 e. The molecule has 1 unspecified atom stereocenters. The summed E-state index contributed by atoms with van der Waals surface area (Å²) in [7, 11) is 1.87. The minimum atomic E-state index is -0.861. The van der Waals surface area contributed by atoms with Gasteiger partial charge in [0.25, 0.3) is 0 Å². The van der Waals surface area contributed by atoms with Crippen LogP contribution in [-0.4, -0.2) is 32.6 Å². The van der Waals surface area contributed by atoms with Gasteiger partial charge in [0.2, 0.25) is 5.91 Å². The highest BCUT2D eigenvalue weighted by Crippen LogP contribution is 2.06. The van der Waals surface area contributed by atoms with Gasteiger partial charge in [-0.2, -0.15) is 0 Å². The van der Waals surface area contributed by atoms with Crippen LogP contribution in [0.3, 0.4) is 0 Å². The van der Waals surface area contributed by atoms with Crippen LogP contribution in [0.5, 0.6) is 0 Å². The lowest BCUT2D eigenvalue weighted by Crippen LogP contribution is -2.35. The number of carboxylic acids is 1. The standard InChI is InChI=1S/C11H17N3O3/c1-8(15)13-9(3-4-11(16)17)7-10-12-5-6-14(10)2/h5-6,9H,3-4,7H2,1-2H3,(H,13,15)(H,16,17). The number of nitrogens with zero attached hydrogens (tertiary/aromatic N) is 2. The molecule has 17 heavy (non-hydrogen) atoms. The molecule has 1 amide bonds. The Morgan fingerprint density at radius 3 is 2.76 bits per heavy atom. The molecule has 6 nitrogen and oxygen atoms in total. The first-order valence-corrected chi connectivity index (χ1v) is 5.44. The van der Waals surface area contributed by atoms with Crippen LogP contribution >= 0.6 is 0 Å². The number of carbonyl (C=O) groups is 2. The second kappa shape index (κ2) is 6.03. The number of nitrogens with one attached hydrogen (secondary N) is 1. The van der Waals surface area contributed by atoms with Crippen molar-refractivity contribution in [3.63, 3.8) is 0 Å². The summed E-state index contributed by atoms with van der Waals surface area (Å²) in [5.74, 6) is -0.191. The first-order chi connectivity index (χ1) is 7.99. The molecular formula is C11H17N3O3. The van der Waals surface area contributed by atoms with Crippen LogP contribution in [-0.2, 0) is 23.1 Å². The molecule has 0 fully saturated rings. The van der Waals surface area contributed by atoms with Crippen LogP contribution in [0.2, 0.25) is 0 Å². The second-order valence-electron chi connectivity index (χ2n) is 3.99. The summed E-state index contributed by atoms with van der Waals surface area (Å²) in [6.45, 7) is 1.42. The number of carboxylic acid groups (broad SMARTS) is 1. The number of rotatable bonds is 6. The molecule has 1 heterocycles. The average molecular weight is 239 g/mol. The largest absolute Gasteiger partial charge is 0.481 e. The predicted octanol–water partition coefficient (Wildman–Crippen LogP) is 0.332. The van der Waals surface area contributed by atoms with Gasteiger partial charge in [-0.25, -0.2) is 4.98 Å². The highest BCUT2D eigenvalue weighted by molar-refractivity contribution is 5.73. The van der Waals surface area contributed by atoms with E-state index < -0.39 is 5.97 Å². The van der Waals surface area contributed by atoms with Crippen molar-refractivity contribution in [3.8, 4) is 0 Å². The Labute approximate surface area is 99.7 Å². The molecule has 0 saturated carbocycles. The van der Waals surface area contributed by atoms with Crippen molar-refractivity contribution >= 4 is 11.9 Å². The van der Waals surface area contributed by atoms with E-state index in [1.54, 1.807) is 6.20 Å². The third kappa shape index (κ3) is 4.67. The van der Waals surface area contributed by atoms with Gasteiger partial charge in [-0.3, -0.25) is 9.59 Å². The lowest BCUT2D eigenvalue weighted by atomic mass is 10.1. The van der Waals surface area contributed by atoms with Gasteiger partial charge >= 0.3 is 5.97 Å². The number of hydrogen-bond donors (Lipinski definition) is 2. The van der Waals surface area contributed by atoms with Gasteiger partial charge < -0.3 is 15.0 Å². The van der Waals surface area contributed by atoms with Crippen molar-refractivity contribution in [3.05, 3.63) is 18.2 Å². The molecule has 0 aliphatic heterocycles. The number of aliphatic carboxylic acids is 1. The predicted molar refractivity (Wildman–Crippen MR) is 61.4 cm³/mol. The Morgan fingerprint density at radius 1 is 1.59 bits per heavy atom. The van der Waals surface area contributed by atoms with E-state index in [0.717, 1.165) is 5.82 Å². The van der Waals surface area contributed by atoms with Crippen LogP contribution in [0.1, 0.15) is 25.6 Å². The smallest absolute Gasteiger partial charge is 0.303 e. The number of hydrogen-bond acceptors (Lipinski definition) is 3. The van der Waals surface area contributed by atoms with E-state index in [2.05, 4.69) is 10.3 Å². The zero-order chi connectivity index (χ0) is 12.8. The van der Waals surface area contributed by atoms with E-state index in [9.17, 15) is 9.59 Å². The molecule has 1 aromatic rings. The molecule has 0 aromatic carbocycles. The van der Waals surface area contributed by atoms with Crippen LogP contribution < -0.4 is 5.32 Å². The fraction of sp³-hybridized carbons (Fsp3) is 0.545. The molecule has 94 valence electrons. The SMILES string of the molecule is CC(=O)NC(CCC(=O)O)Cc1nccn1C. The fourth-order valence-corrected chi connectivity index (χ4v) is 1.62. The van der Waals surface area contributed by atoms with Gasteiger partial charge in [0.1, 0.15) is 5.82 Å². The van der Waals surface area contributed by atoms with Crippen LogP contribution in [0.4, 0.5) is 0 Å². The highest BCUT2D eigenvalue weighted by Gasteiger charge is 2.14. The van der Waals surface area contributed by atoms with Crippen LogP contribution in [0, 0.1) is 0 Å².